The van der Waals surface area contributed by atoms with Crippen LogP contribution in [0.2, 0.25) is 0 Å². The summed E-state index contributed by atoms with van der Waals surface area (Å²) in [5.41, 5.74) is 3.59. The van der Waals surface area contributed by atoms with Gasteiger partial charge < -0.3 is 9.47 Å². The van der Waals surface area contributed by atoms with Gasteiger partial charge in [-0.1, -0.05) is 29.8 Å². The number of benzene rings is 2. The SMILES string of the molecule is COc1cc(C#N)c(-c2ccc(C)cc2)cc1OC. The van der Waals surface area contributed by atoms with Gasteiger partial charge >= 0.3 is 0 Å². The van der Waals surface area contributed by atoms with E-state index in [0.29, 0.717) is 17.1 Å². The van der Waals surface area contributed by atoms with Crippen molar-refractivity contribution in [3.63, 3.8) is 0 Å². The molecule has 0 radical (unpaired) electrons. The quantitative estimate of drug-likeness (QED) is 0.840. The Kier molecular flexibility index (Phi) is 3.72. The zero-order valence-corrected chi connectivity index (χ0v) is 11.2. The molecule has 19 heavy (non-hydrogen) atoms. The molecule has 96 valence electrons. The molecular weight excluding hydrogens is 238 g/mol. The second kappa shape index (κ2) is 5.45. The normalized spacial score (nSPS) is 9.79. The lowest BCUT2D eigenvalue weighted by Gasteiger charge is -2.12. The summed E-state index contributed by atoms with van der Waals surface area (Å²) in [5, 5.41) is 9.27. The number of methoxy groups -OCH3 is 2. The second-order valence-electron chi connectivity index (χ2n) is 4.23. The van der Waals surface area contributed by atoms with E-state index in [1.54, 1.807) is 20.3 Å². The minimum Gasteiger partial charge on any atom is -0.493 e. The van der Waals surface area contributed by atoms with Crippen molar-refractivity contribution >= 4 is 0 Å². The maximum atomic E-state index is 9.27. The van der Waals surface area contributed by atoms with Crippen LogP contribution in [0.25, 0.3) is 11.1 Å². The van der Waals surface area contributed by atoms with Gasteiger partial charge in [-0.05, 0) is 18.6 Å². The van der Waals surface area contributed by atoms with E-state index in [9.17, 15) is 5.26 Å². The first-order valence-electron chi connectivity index (χ1n) is 5.92. The van der Waals surface area contributed by atoms with Crippen molar-refractivity contribution < 1.29 is 9.47 Å². The van der Waals surface area contributed by atoms with E-state index in [1.165, 1.54) is 5.56 Å². The molecule has 0 atom stereocenters. The van der Waals surface area contributed by atoms with E-state index < -0.39 is 0 Å². The number of ether oxygens (including phenoxy) is 2. The average Bonchev–Trinajstić information content (AvgIpc) is 2.46. The lowest BCUT2D eigenvalue weighted by molar-refractivity contribution is 0.355. The molecule has 0 spiro atoms. The smallest absolute Gasteiger partial charge is 0.162 e. The predicted molar refractivity (Wildman–Crippen MR) is 74.4 cm³/mol. The van der Waals surface area contributed by atoms with Crippen molar-refractivity contribution in [1.29, 1.82) is 5.26 Å². The summed E-state index contributed by atoms with van der Waals surface area (Å²) in [5.74, 6) is 1.19. The monoisotopic (exact) mass is 253 g/mol. The fourth-order valence-electron chi connectivity index (χ4n) is 1.94. The maximum absolute atomic E-state index is 9.27. The van der Waals surface area contributed by atoms with Crippen molar-refractivity contribution in [2.75, 3.05) is 14.2 Å². The molecule has 0 bridgehead atoms. The van der Waals surface area contributed by atoms with E-state index >= 15 is 0 Å². The van der Waals surface area contributed by atoms with Crippen molar-refractivity contribution in [2.24, 2.45) is 0 Å². The highest BCUT2D eigenvalue weighted by Gasteiger charge is 2.12. The molecule has 2 rings (SSSR count). The Labute approximate surface area is 113 Å². The topological polar surface area (TPSA) is 42.2 Å². The van der Waals surface area contributed by atoms with Gasteiger partial charge in [-0.2, -0.15) is 5.26 Å². The van der Waals surface area contributed by atoms with Gasteiger partial charge in [-0.15, -0.1) is 0 Å². The number of nitrogens with zero attached hydrogens (tertiary/aromatic N) is 1. The van der Waals surface area contributed by atoms with E-state index in [4.69, 9.17) is 9.47 Å². The second-order valence-corrected chi connectivity index (χ2v) is 4.23. The Balaban J connectivity index is 2.62. The van der Waals surface area contributed by atoms with Crippen LogP contribution in [-0.4, -0.2) is 14.2 Å². The highest BCUT2D eigenvalue weighted by atomic mass is 16.5. The van der Waals surface area contributed by atoms with Crippen LogP contribution in [0.1, 0.15) is 11.1 Å². The standard InChI is InChI=1S/C16H15NO2/c1-11-4-6-12(7-5-11)14-9-16(19-3)15(18-2)8-13(14)10-17/h4-9H,1-3H3. The minimum absolute atomic E-state index is 0.565. The van der Waals surface area contributed by atoms with Crippen LogP contribution >= 0.6 is 0 Å². The Morgan fingerprint density at radius 3 is 2.05 bits per heavy atom. The Hall–Kier alpha value is -2.47. The van der Waals surface area contributed by atoms with Gasteiger partial charge in [0.05, 0.1) is 25.9 Å². The number of rotatable bonds is 3. The molecule has 0 unspecified atom stereocenters. The summed E-state index contributed by atoms with van der Waals surface area (Å²) in [6, 6.07) is 13.8. The summed E-state index contributed by atoms with van der Waals surface area (Å²) >= 11 is 0. The summed E-state index contributed by atoms with van der Waals surface area (Å²) in [6.45, 7) is 2.03. The number of nitriles is 1. The van der Waals surface area contributed by atoms with Gasteiger partial charge in [-0.3, -0.25) is 0 Å². The van der Waals surface area contributed by atoms with Crippen LogP contribution in [0, 0.1) is 18.3 Å². The van der Waals surface area contributed by atoms with Gasteiger partial charge in [-0.25, -0.2) is 0 Å². The molecule has 0 aliphatic rings. The molecule has 3 nitrogen and oxygen atoms in total. The minimum atomic E-state index is 0.565. The third-order valence-electron chi connectivity index (χ3n) is 3.01. The lowest BCUT2D eigenvalue weighted by Crippen LogP contribution is -1.94. The number of hydrogen-bond donors (Lipinski definition) is 0. The van der Waals surface area contributed by atoms with Crippen LogP contribution < -0.4 is 9.47 Å². The fourth-order valence-corrected chi connectivity index (χ4v) is 1.94. The molecule has 3 heteroatoms. The van der Waals surface area contributed by atoms with Crippen molar-refractivity contribution in [1.82, 2.24) is 0 Å². The van der Waals surface area contributed by atoms with Gasteiger partial charge in [0.25, 0.3) is 0 Å². The van der Waals surface area contributed by atoms with Gasteiger partial charge in [0, 0.05) is 11.6 Å². The molecule has 0 saturated carbocycles. The molecule has 0 heterocycles. The predicted octanol–water partition coefficient (Wildman–Crippen LogP) is 3.55. The molecule has 2 aromatic rings. The Morgan fingerprint density at radius 1 is 0.947 bits per heavy atom. The van der Waals surface area contributed by atoms with Crippen LogP contribution in [0.15, 0.2) is 36.4 Å². The first-order chi connectivity index (χ1) is 9.19. The third-order valence-corrected chi connectivity index (χ3v) is 3.01. The average molecular weight is 253 g/mol. The summed E-state index contributed by atoms with van der Waals surface area (Å²) in [4.78, 5) is 0. The highest BCUT2D eigenvalue weighted by Crippen LogP contribution is 2.35. The summed E-state index contributed by atoms with van der Waals surface area (Å²) in [7, 11) is 3.15. The maximum Gasteiger partial charge on any atom is 0.162 e. The highest BCUT2D eigenvalue weighted by molar-refractivity contribution is 5.74. The van der Waals surface area contributed by atoms with E-state index in [0.717, 1.165) is 11.1 Å². The molecule has 0 aliphatic heterocycles. The van der Waals surface area contributed by atoms with Crippen LogP contribution in [-0.2, 0) is 0 Å². The molecule has 0 N–H and O–H groups in total. The van der Waals surface area contributed by atoms with E-state index in [-0.39, 0.29) is 0 Å². The molecular formula is C16H15NO2. The van der Waals surface area contributed by atoms with Gasteiger partial charge in [0.1, 0.15) is 0 Å². The zero-order chi connectivity index (χ0) is 13.8. The van der Waals surface area contributed by atoms with Gasteiger partial charge in [0.15, 0.2) is 11.5 Å². The Morgan fingerprint density at radius 2 is 1.53 bits per heavy atom. The van der Waals surface area contributed by atoms with Crippen LogP contribution in [0.4, 0.5) is 0 Å². The van der Waals surface area contributed by atoms with Crippen LogP contribution in [0.5, 0.6) is 11.5 Å². The molecule has 0 saturated heterocycles. The zero-order valence-electron chi connectivity index (χ0n) is 11.2. The molecule has 0 aromatic heterocycles. The number of hydrogen-bond acceptors (Lipinski definition) is 3. The summed E-state index contributed by atoms with van der Waals surface area (Å²) < 4.78 is 10.5. The largest absolute Gasteiger partial charge is 0.493 e. The van der Waals surface area contributed by atoms with Crippen molar-refractivity contribution in [3.8, 4) is 28.7 Å². The van der Waals surface area contributed by atoms with Crippen molar-refractivity contribution in [2.45, 2.75) is 6.92 Å². The van der Waals surface area contributed by atoms with E-state index in [1.807, 2.05) is 37.3 Å². The first kappa shape index (κ1) is 13.0. The molecule has 0 fully saturated rings. The van der Waals surface area contributed by atoms with E-state index in [2.05, 4.69) is 6.07 Å². The third kappa shape index (κ3) is 2.53. The van der Waals surface area contributed by atoms with Crippen LogP contribution in [0.3, 0.4) is 0 Å². The molecule has 0 aliphatic carbocycles. The Bertz CT molecular complexity index is 624. The lowest BCUT2D eigenvalue weighted by atomic mass is 9.98. The number of aryl methyl sites for hydroxylation is 1. The fraction of sp³-hybridized carbons (Fsp3) is 0.188. The summed E-state index contributed by atoms with van der Waals surface area (Å²) in [6.07, 6.45) is 0. The van der Waals surface area contributed by atoms with Crippen molar-refractivity contribution in [3.05, 3.63) is 47.5 Å². The van der Waals surface area contributed by atoms with Gasteiger partial charge in [0.2, 0.25) is 0 Å². The molecule has 0 amide bonds. The first-order valence-corrected chi connectivity index (χ1v) is 5.92. The molecule has 2 aromatic carbocycles.